The molecule has 84 valence electrons. The van der Waals surface area contributed by atoms with Gasteiger partial charge in [0.05, 0.1) is 5.69 Å². The van der Waals surface area contributed by atoms with Crippen LogP contribution in [0.1, 0.15) is 0 Å². The first kappa shape index (κ1) is 9.77. The Morgan fingerprint density at radius 3 is 2.71 bits per heavy atom. The molecule has 0 atom stereocenters. The lowest BCUT2D eigenvalue weighted by atomic mass is 10.3. The van der Waals surface area contributed by atoms with E-state index in [0.29, 0.717) is 5.96 Å². The molecule has 0 saturated heterocycles. The fraction of sp³-hybridized carbons (Fsp3) is 0.0833. The number of carbonyl (C=O) groups excluding carboxylic acids is 1. The van der Waals surface area contributed by atoms with Crippen LogP contribution in [0.25, 0.3) is 0 Å². The van der Waals surface area contributed by atoms with Gasteiger partial charge in [-0.15, -0.1) is 0 Å². The van der Waals surface area contributed by atoms with Crippen LogP contribution in [-0.4, -0.2) is 28.0 Å². The largest absolute Gasteiger partial charge is 0.276 e. The SMILES string of the molecule is O=C1CN=C(n2ccnc2)N1c1ccccc1. The van der Waals surface area contributed by atoms with Gasteiger partial charge in [0.15, 0.2) is 0 Å². The summed E-state index contributed by atoms with van der Waals surface area (Å²) < 4.78 is 1.73. The third-order valence-electron chi connectivity index (χ3n) is 2.55. The first-order chi connectivity index (χ1) is 8.36. The van der Waals surface area contributed by atoms with Crippen molar-refractivity contribution >= 4 is 17.6 Å². The summed E-state index contributed by atoms with van der Waals surface area (Å²) in [6.45, 7) is 0.183. The summed E-state index contributed by atoms with van der Waals surface area (Å²) >= 11 is 0. The maximum Gasteiger partial charge on any atom is 0.255 e. The number of anilines is 1. The summed E-state index contributed by atoms with van der Waals surface area (Å²) in [6.07, 6.45) is 5.06. The number of imidazole rings is 1. The second-order valence-electron chi connectivity index (χ2n) is 3.65. The van der Waals surface area contributed by atoms with Gasteiger partial charge in [0.2, 0.25) is 5.96 Å². The maximum atomic E-state index is 11.9. The van der Waals surface area contributed by atoms with Crippen molar-refractivity contribution in [2.75, 3.05) is 11.4 Å². The van der Waals surface area contributed by atoms with Crippen LogP contribution in [0.5, 0.6) is 0 Å². The molecular formula is C12H10N4O. The van der Waals surface area contributed by atoms with E-state index in [9.17, 15) is 4.79 Å². The highest BCUT2D eigenvalue weighted by Gasteiger charge is 2.27. The molecule has 0 aliphatic carbocycles. The molecule has 0 spiro atoms. The Morgan fingerprint density at radius 1 is 1.18 bits per heavy atom. The number of hydrogen-bond acceptors (Lipinski definition) is 3. The smallest absolute Gasteiger partial charge is 0.255 e. The fourth-order valence-electron chi connectivity index (χ4n) is 1.80. The van der Waals surface area contributed by atoms with Gasteiger partial charge < -0.3 is 0 Å². The number of aliphatic imine (C=N–C) groups is 1. The average molecular weight is 226 g/mol. The van der Waals surface area contributed by atoms with Crippen molar-refractivity contribution < 1.29 is 4.79 Å². The third-order valence-corrected chi connectivity index (χ3v) is 2.55. The lowest BCUT2D eigenvalue weighted by Crippen LogP contribution is -2.36. The van der Waals surface area contributed by atoms with Crippen molar-refractivity contribution in [3.63, 3.8) is 0 Å². The molecule has 1 amide bonds. The summed E-state index contributed by atoms with van der Waals surface area (Å²) in [5, 5.41) is 0. The van der Waals surface area contributed by atoms with Gasteiger partial charge in [-0.3, -0.25) is 9.36 Å². The molecule has 3 rings (SSSR count). The van der Waals surface area contributed by atoms with Gasteiger partial charge in [0.25, 0.3) is 5.91 Å². The minimum Gasteiger partial charge on any atom is -0.276 e. The Hall–Kier alpha value is -2.43. The minimum atomic E-state index is -0.0279. The van der Waals surface area contributed by atoms with Crippen molar-refractivity contribution in [3.05, 3.63) is 49.1 Å². The number of nitrogens with zero attached hydrogens (tertiary/aromatic N) is 4. The minimum absolute atomic E-state index is 0.0279. The van der Waals surface area contributed by atoms with Gasteiger partial charge in [-0.25, -0.2) is 14.9 Å². The van der Waals surface area contributed by atoms with Crippen molar-refractivity contribution in [2.24, 2.45) is 4.99 Å². The zero-order valence-corrected chi connectivity index (χ0v) is 9.02. The summed E-state index contributed by atoms with van der Waals surface area (Å²) in [5.74, 6) is 0.568. The van der Waals surface area contributed by atoms with Crippen LogP contribution in [0.3, 0.4) is 0 Å². The van der Waals surface area contributed by atoms with Crippen LogP contribution in [-0.2, 0) is 4.79 Å². The van der Waals surface area contributed by atoms with E-state index in [1.54, 1.807) is 28.2 Å². The number of hydrogen-bond donors (Lipinski definition) is 0. The molecule has 0 fully saturated rings. The van der Waals surface area contributed by atoms with Crippen LogP contribution >= 0.6 is 0 Å². The number of aromatic nitrogens is 2. The Kier molecular flexibility index (Phi) is 2.22. The monoisotopic (exact) mass is 226 g/mol. The molecule has 0 saturated carbocycles. The van der Waals surface area contributed by atoms with Crippen LogP contribution in [0.15, 0.2) is 54.0 Å². The molecule has 1 aliphatic heterocycles. The molecule has 0 bridgehead atoms. The van der Waals surface area contributed by atoms with E-state index in [2.05, 4.69) is 9.98 Å². The molecular weight excluding hydrogens is 216 g/mol. The third kappa shape index (κ3) is 1.61. The number of amides is 1. The number of para-hydroxylation sites is 1. The standard InChI is InChI=1S/C12H10N4O/c17-11-8-14-12(15-7-6-13-9-15)16(11)10-4-2-1-3-5-10/h1-7,9H,8H2. The first-order valence-electron chi connectivity index (χ1n) is 5.27. The fourth-order valence-corrected chi connectivity index (χ4v) is 1.80. The topological polar surface area (TPSA) is 50.5 Å². The van der Waals surface area contributed by atoms with Gasteiger partial charge in [0, 0.05) is 12.4 Å². The van der Waals surface area contributed by atoms with E-state index >= 15 is 0 Å². The molecule has 2 heterocycles. The van der Waals surface area contributed by atoms with Gasteiger partial charge in [0.1, 0.15) is 12.9 Å². The van der Waals surface area contributed by atoms with Crippen molar-refractivity contribution in [1.29, 1.82) is 0 Å². The van der Waals surface area contributed by atoms with E-state index < -0.39 is 0 Å². The quantitative estimate of drug-likeness (QED) is 0.732. The summed E-state index contributed by atoms with van der Waals surface area (Å²) in [6, 6.07) is 9.47. The first-order valence-corrected chi connectivity index (χ1v) is 5.27. The zero-order chi connectivity index (χ0) is 11.7. The molecule has 0 N–H and O–H groups in total. The summed E-state index contributed by atoms with van der Waals surface area (Å²) in [5.41, 5.74) is 0.822. The number of carbonyl (C=O) groups is 1. The Morgan fingerprint density at radius 2 is 2.00 bits per heavy atom. The van der Waals surface area contributed by atoms with E-state index in [1.165, 1.54) is 0 Å². The van der Waals surface area contributed by atoms with Crippen LogP contribution < -0.4 is 4.90 Å². The highest BCUT2D eigenvalue weighted by Crippen LogP contribution is 2.18. The van der Waals surface area contributed by atoms with Crippen molar-refractivity contribution in [2.45, 2.75) is 0 Å². The predicted molar refractivity (Wildman–Crippen MR) is 63.9 cm³/mol. The Balaban J connectivity index is 2.03. The second kappa shape index (κ2) is 3.86. The molecule has 0 unspecified atom stereocenters. The van der Waals surface area contributed by atoms with Crippen LogP contribution in [0.2, 0.25) is 0 Å². The molecule has 17 heavy (non-hydrogen) atoms. The van der Waals surface area contributed by atoms with E-state index in [-0.39, 0.29) is 12.5 Å². The second-order valence-corrected chi connectivity index (χ2v) is 3.65. The van der Waals surface area contributed by atoms with E-state index in [0.717, 1.165) is 5.69 Å². The van der Waals surface area contributed by atoms with Gasteiger partial charge in [-0.1, -0.05) is 18.2 Å². The number of benzene rings is 1. The average Bonchev–Trinajstić information content (AvgIpc) is 2.98. The van der Waals surface area contributed by atoms with Crippen LogP contribution in [0.4, 0.5) is 5.69 Å². The van der Waals surface area contributed by atoms with Gasteiger partial charge >= 0.3 is 0 Å². The molecule has 5 nitrogen and oxygen atoms in total. The van der Waals surface area contributed by atoms with Crippen molar-refractivity contribution in [1.82, 2.24) is 9.55 Å². The highest BCUT2D eigenvalue weighted by molar-refractivity contribution is 6.21. The van der Waals surface area contributed by atoms with Gasteiger partial charge in [-0.05, 0) is 12.1 Å². The molecule has 1 aliphatic rings. The molecule has 2 aromatic rings. The van der Waals surface area contributed by atoms with Crippen molar-refractivity contribution in [3.8, 4) is 0 Å². The normalized spacial score (nSPS) is 15.2. The molecule has 1 aromatic carbocycles. The molecule has 1 aromatic heterocycles. The zero-order valence-electron chi connectivity index (χ0n) is 9.02. The Bertz CT molecular complexity index is 559. The molecule has 0 radical (unpaired) electrons. The maximum absolute atomic E-state index is 11.9. The summed E-state index contributed by atoms with van der Waals surface area (Å²) in [4.78, 5) is 21.7. The molecule has 5 heteroatoms. The lowest BCUT2D eigenvalue weighted by molar-refractivity contribution is -0.115. The van der Waals surface area contributed by atoms with Crippen LogP contribution in [0, 0.1) is 0 Å². The summed E-state index contributed by atoms with van der Waals surface area (Å²) in [7, 11) is 0. The predicted octanol–water partition coefficient (Wildman–Crippen LogP) is 1.13. The van der Waals surface area contributed by atoms with Gasteiger partial charge in [-0.2, -0.15) is 0 Å². The highest BCUT2D eigenvalue weighted by atomic mass is 16.2. The lowest BCUT2D eigenvalue weighted by Gasteiger charge is -2.18. The Labute approximate surface area is 98.0 Å². The van der Waals surface area contributed by atoms with E-state index in [1.807, 2.05) is 30.3 Å². The number of rotatable bonds is 1. The van der Waals surface area contributed by atoms with E-state index in [4.69, 9.17) is 0 Å².